The molecule has 12 heavy (non-hydrogen) atoms. The number of rotatable bonds is 3. The smallest absolute Gasteiger partial charge is 0.200 e. The predicted octanol–water partition coefficient (Wildman–Crippen LogP) is 1.33. The van der Waals surface area contributed by atoms with Crippen molar-refractivity contribution in [1.29, 1.82) is 5.26 Å². The maximum absolute atomic E-state index is 8.38. The van der Waals surface area contributed by atoms with Crippen LogP contribution in [0.3, 0.4) is 0 Å². The van der Waals surface area contributed by atoms with Gasteiger partial charge in [0, 0.05) is 24.9 Å². The van der Waals surface area contributed by atoms with Gasteiger partial charge in [-0.15, -0.1) is 0 Å². The fourth-order valence-corrected chi connectivity index (χ4v) is 1.11. The minimum Gasteiger partial charge on any atom is -0.369 e. The van der Waals surface area contributed by atoms with Crippen LogP contribution in [0.5, 0.6) is 0 Å². The van der Waals surface area contributed by atoms with Gasteiger partial charge in [0.25, 0.3) is 0 Å². The molecule has 0 saturated heterocycles. The summed E-state index contributed by atoms with van der Waals surface area (Å²) in [6.07, 6.45) is 4.87. The summed E-state index contributed by atoms with van der Waals surface area (Å²) >= 11 is 0. The molecule has 0 aromatic carbocycles. The Balaban J connectivity index is 2.60. The molecule has 1 aromatic rings. The zero-order chi connectivity index (χ0) is 8.97. The lowest BCUT2D eigenvalue weighted by Gasteiger charge is -2.11. The molecule has 1 aromatic heterocycles. The van der Waals surface area contributed by atoms with Crippen LogP contribution in [0, 0.1) is 11.3 Å². The molecule has 0 saturated carbocycles. The van der Waals surface area contributed by atoms with Crippen LogP contribution in [0.25, 0.3) is 0 Å². The molecule has 0 aliphatic heterocycles. The van der Waals surface area contributed by atoms with Gasteiger partial charge in [0.1, 0.15) is 0 Å². The molecule has 4 heteroatoms. The number of imidazole rings is 1. The SMILES string of the molecule is CC(CCC#N)n1ccnc1N. The molecule has 1 rings (SSSR count). The van der Waals surface area contributed by atoms with Crippen LogP contribution in [0.2, 0.25) is 0 Å². The van der Waals surface area contributed by atoms with Crippen molar-refractivity contribution in [2.24, 2.45) is 0 Å². The number of nitrogens with two attached hydrogens (primary N) is 1. The Labute approximate surface area is 71.6 Å². The van der Waals surface area contributed by atoms with Gasteiger partial charge in [-0.2, -0.15) is 5.26 Å². The Hall–Kier alpha value is -1.50. The molecule has 0 amide bonds. The van der Waals surface area contributed by atoms with E-state index in [0.717, 1.165) is 6.42 Å². The fraction of sp³-hybridized carbons (Fsp3) is 0.500. The van der Waals surface area contributed by atoms with Gasteiger partial charge in [-0.05, 0) is 13.3 Å². The minimum absolute atomic E-state index is 0.257. The van der Waals surface area contributed by atoms with E-state index in [1.54, 1.807) is 6.20 Å². The van der Waals surface area contributed by atoms with Crippen molar-refractivity contribution in [1.82, 2.24) is 9.55 Å². The first-order valence-corrected chi connectivity index (χ1v) is 3.91. The second kappa shape index (κ2) is 3.77. The Morgan fingerprint density at radius 3 is 3.08 bits per heavy atom. The predicted molar refractivity (Wildman–Crippen MR) is 46.2 cm³/mol. The van der Waals surface area contributed by atoms with Crippen LogP contribution in [0.1, 0.15) is 25.8 Å². The zero-order valence-corrected chi connectivity index (χ0v) is 7.07. The highest BCUT2D eigenvalue weighted by molar-refractivity contribution is 5.17. The van der Waals surface area contributed by atoms with Crippen LogP contribution in [-0.4, -0.2) is 9.55 Å². The average molecular weight is 164 g/mol. The topological polar surface area (TPSA) is 67.6 Å². The molecule has 1 heterocycles. The molecule has 0 bridgehead atoms. The third kappa shape index (κ3) is 1.76. The van der Waals surface area contributed by atoms with Crippen LogP contribution in [0.15, 0.2) is 12.4 Å². The number of nitrogen functional groups attached to an aromatic ring is 1. The normalized spacial score (nSPS) is 12.3. The number of hydrogen-bond acceptors (Lipinski definition) is 3. The molecule has 2 N–H and O–H groups in total. The van der Waals surface area contributed by atoms with E-state index >= 15 is 0 Å². The van der Waals surface area contributed by atoms with Gasteiger partial charge in [-0.3, -0.25) is 0 Å². The molecule has 1 atom stereocenters. The molecule has 0 aliphatic rings. The summed E-state index contributed by atoms with van der Waals surface area (Å²) in [5.41, 5.74) is 5.58. The Bertz CT molecular complexity index is 283. The molecule has 0 spiro atoms. The summed E-state index contributed by atoms with van der Waals surface area (Å²) in [6, 6.07) is 2.36. The first-order chi connectivity index (χ1) is 5.75. The lowest BCUT2D eigenvalue weighted by Crippen LogP contribution is -2.07. The minimum atomic E-state index is 0.257. The maximum Gasteiger partial charge on any atom is 0.200 e. The van der Waals surface area contributed by atoms with E-state index < -0.39 is 0 Å². The number of nitriles is 1. The van der Waals surface area contributed by atoms with Gasteiger partial charge >= 0.3 is 0 Å². The van der Waals surface area contributed by atoms with Crippen LogP contribution in [-0.2, 0) is 0 Å². The molecular formula is C8H12N4. The Kier molecular flexibility index (Phi) is 2.70. The van der Waals surface area contributed by atoms with E-state index in [1.807, 2.05) is 17.7 Å². The summed E-state index contributed by atoms with van der Waals surface area (Å²) < 4.78 is 1.87. The average Bonchev–Trinajstić information content (AvgIpc) is 2.47. The number of aromatic nitrogens is 2. The van der Waals surface area contributed by atoms with Crippen LogP contribution in [0.4, 0.5) is 5.95 Å². The quantitative estimate of drug-likeness (QED) is 0.732. The van der Waals surface area contributed by atoms with E-state index in [9.17, 15) is 0 Å². The molecule has 64 valence electrons. The summed E-state index contributed by atoms with van der Waals surface area (Å²) in [6.45, 7) is 2.02. The van der Waals surface area contributed by atoms with E-state index in [-0.39, 0.29) is 6.04 Å². The van der Waals surface area contributed by atoms with Crippen molar-refractivity contribution in [3.05, 3.63) is 12.4 Å². The van der Waals surface area contributed by atoms with E-state index in [2.05, 4.69) is 11.1 Å². The zero-order valence-electron chi connectivity index (χ0n) is 7.07. The van der Waals surface area contributed by atoms with Crippen molar-refractivity contribution < 1.29 is 0 Å². The van der Waals surface area contributed by atoms with Crippen LogP contribution >= 0.6 is 0 Å². The van der Waals surface area contributed by atoms with Gasteiger partial charge in [-0.25, -0.2) is 4.98 Å². The van der Waals surface area contributed by atoms with Crippen LogP contribution < -0.4 is 5.73 Å². The highest BCUT2D eigenvalue weighted by Gasteiger charge is 2.06. The van der Waals surface area contributed by atoms with Gasteiger partial charge in [0.15, 0.2) is 5.95 Å². The Morgan fingerprint density at radius 2 is 2.58 bits per heavy atom. The van der Waals surface area contributed by atoms with Crippen molar-refractivity contribution in [2.45, 2.75) is 25.8 Å². The third-order valence-electron chi connectivity index (χ3n) is 1.85. The number of nitrogens with zero attached hydrogens (tertiary/aromatic N) is 3. The molecule has 0 radical (unpaired) electrons. The molecular weight excluding hydrogens is 152 g/mol. The standard InChI is InChI=1S/C8H12N4/c1-7(3-2-4-9)12-6-5-11-8(12)10/h5-7H,2-3H2,1H3,(H2,10,11). The largest absolute Gasteiger partial charge is 0.369 e. The maximum atomic E-state index is 8.38. The van der Waals surface area contributed by atoms with E-state index in [1.165, 1.54) is 0 Å². The molecule has 0 aliphatic carbocycles. The molecule has 1 unspecified atom stereocenters. The summed E-state index contributed by atoms with van der Waals surface area (Å²) in [5, 5.41) is 8.38. The van der Waals surface area contributed by atoms with Gasteiger partial charge in [0.05, 0.1) is 6.07 Å². The third-order valence-corrected chi connectivity index (χ3v) is 1.85. The van der Waals surface area contributed by atoms with E-state index in [4.69, 9.17) is 11.0 Å². The first kappa shape index (κ1) is 8.60. The summed E-state index contributed by atoms with van der Waals surface area (Å²) in [5.74, 6) is 0.514. The first-order valence-electron chi connectivity index (χ1n) is 3.91. The number of anilines is 1. The second-order valence-corrected chi connectivity index (χ2v) is 2.74. The van der Waals surface area contributed by atoms with Gasteiger partial charge in [-0.1, -0.05) is 0 Å². The van der Waals surface area contributed by atoms with Gasteiger partial charge in [0.2, 0.25) is 0 Å². The van der Waals surface area contributed by atoms with Crippen molar-refractivity contribution >= 4 is 5.95 Å². The van der Waals surface area contributed by atoms with E-state index in [0.29, 0.717) is 12.4 Å². The highest BCUT2D eigenvalue weighted by Crippen LogP contribution is 2.15. The van der Waals surface area contributed by atoms with Crippen molar-refractivity contribution in [3.63, 3.8) is 0 Å². The summed E-state index contributed by atoms with van der Waals surface area (Å²) in [4.78, 5) is 3.90. The monoisotopic (exact) mass is 164 g/mol. The second-order valence-electron chi connectivity index (χ2n) is 2.74. The number of hydrogen-bond donors (Lipinski definition) is 1. The lowest BCUT2D eigenvalue weighted by molar-refractivity contribution is 0.520. The van der Waals surface area contributed by atoms with Crippen molar-refractivity contribution in [3.8, 4) is 6.07 Å². The fourth-order valence-electron chi connectivity index (χ4n) is 1.11. The highest BCUT2D eigenvalue weighted by atomic mass is 15.1. The van der Waals surface area contributed by atoms with Crippen molar-refractivity contribution in [2.75, 3.05) is 5.73 Å². The Morgan fingerprint density at radius 1 is 1.83 bits per heavy atom. The lowest BCUT2D eigenvalue weighted by atomic mass is 10.2. The summed E-state index contributed by atoms with van der Waals surface area (Å²) in [7, 11) is 0. The molecule has 0 fully saturated rings. The molecule has 4 nitrogen and oxygen atoms in total. The van der Waals surface area contributed by atoms with Gasteiger partial charge < -0.3 is 10.3 Å².